The largest absolute Gasteiger partial charge is 0.492 e. The van der Waals surface area contributed by atoms with E-state index in [4.69, 9.17) is 4.74 Å². The number of hydrogen-bond donors (Lipinski definition) is 2. The van der Waals surface area contributed by atoms with Crippen molar-refractivity contribution in [3.8, 4) is 5.75 Å². The molecular weight excluding hydrogens is 330 g/mol. The summed E-state index contributed by atoms with van der Waals surface area (Å²) >= 11 is 0. The van der Waals surface area contributed by atoms with Gasteiger partial charge in [0.25, 0.3) is 0 Å². The van der Waals surface area contributed by atoms with Crippen LogP contribution in [-0.2, 0) is 4.79 Å². The first-order valence-electron chi connectivity index (χ1n) is 9.20. The predicted octanol–water partition coefficient (Wildman–Crippen LogP) is 0.703. The van der Waals surface area contributed by atoms with Gasteiger partial charge in [0.2, 0.25) is 5.91 Å². The Balaban J connectivity index is 1.56. The molecule has 2 N–H and O–H groups in total. The van der Waals surface area contributed by atoms with Crippen LogP contribution in [0, 0.1) is 6.92 Å². The van der Waals surface area contributed by atoms with E-state index in [-0.39, 0.29) is 5.91 Å². The lowest BCUT2D eigenvalue weighted by Gasteiger charge is -2.34. The van der Waals surface area contributed by atoms with Crippen LogP contribution in [0.1, 0.15) is 12.5 Å². The van der Waals surface area contributed by atoms with E-state index in [2.05, 4.69) is 27.4 Å². The monoisotopic (exact) mass is 361 g/mol. The Morgan fingerprint density at radius 2 is 1.77 bits per heavy atom. The van der Waals surface area contributed by atoms with Crippen molar-refractivity contribution in [3.05, 3.63) is 29.8 Å². The molecule has 1 aromatic carbocycles. The summed E-state index contributed by atoms with van der Waals surface area (Å²) in [6.07, 6.45) is 0. The molecule has 0 spiro atoms. The van der Waals surface area contributed by atoms with Gasteiger partial charge in [-0.25, -0.2) is 0 Å². The van der Waals surface area contributed by atoms with Crippen LogP contribution >= 0.6 is 0 Å². The SMILES string of the molecule is CN=C(NCCOc1ccc(C)cc1)NCCN1CCN(C(C)=O)CC1. The van der Waals surface area contributed by atoms with E-state index >= 15 is 0 Å². The highest BCUT2D eigenvalue weighted by molar-refractivity contribution is 5.79. The molecular formula is C19H31N5O2. The highest BCUT2D eigenvalue weighted by Gasteiger charge is 2.17. The minimum Gasteiger partial charge on any atom is -0.492 e. The minimum absolute atomic E-state index is 0.167. The van der Waals surface area contributed by atoms with Crippen molar-refractivity contribution in [2.24, 2.45) is 4.99 Å². The van der Waals surface area contributed by atoms with Gasteiger partial charge in [0.15, 0.2) is 5.96 Å². The predicted molar refractivity (Wildman–Crippen MR) is 105 cm³/mol. The number of aryl methyl sites for hydroxylation is 1. The lowest BCUT2D eigenvalue weighted by Crippen LogP contribution is -2.50. The Hall–Kier alpha value is -2.28. The Morgan fingerprint density at radius 3 is 2.38 bits per heavy atom. The molecule has 1 amide bonds. The molecule has 0 bridgehead atoms. The van der Waals surface area contributed by atoms with Gasteiger partial charge in [0, 0.05) is 53.2 Å². The topological polar surface area (TPSA) is 69.2 Å². The molecule has 0 aromatic heterocycles. The normalized spacial score (nSPS) is 15.7. The molecule has 0 aliphatic carbocycles. The second kappa shape index (κ2) is 10.7. The maximum absolute atomic E-state index is 11.3. The van der Waals surface area contributed by atoms with Crippen LogP contribution < -0.4 is 15.4 Å². The number of carbonyl (C=O) groups is 1. The molecule has 1 aliphatic heterocycles. The molecule has 7 heteroatoms. The molecule has 0 radical (unpaired) electrons. The zero-order valence-electron chi connectivity index (χ0n) is 16.1. The Bertz CT molecular complexity index is 580. The van der Waals surface area contributed by atoms with Crippen molar-refractivity contribution >= 4 is 11.9 Å². The third-order valence-electron chi connectivity index (χ3n) is 4.45. The van der Waals surface area contributed by atoms with Crippen LogP contribution in [0.25, 0.3) is 0 Å². The molecule has 0 unspecified atom stereocenters. The van der Waals surface area contributed by atoms with Gasteiger partial charge in [-0.15, -0.1) is 0 Å². The molecule has 1 saturated heterocycles. The molecule has 2 rings (SSSR count). The van der Waals surface area contributed by atoms with E-state index in [1.54, 1.807) is 14.0 Å². The van der Waals surface area contributed by atoms with Crippen LogP contribution in [0.5, 0.6) is 5.75 Å². The summed E-state index contributed by atoms with van der Waals surface area (Å²) in [6, 6.07) is 8.04. The van der Waals surface area contributed by atoms with Gasteiger partial charge >= 0.3 is 0 Å². The number of carbonyl (C=O) groups excluding carboxylic acids is 1. The Kier molecular flexibility index (Phi) is 8.21. The van der Waals surface area contributed by atoms with E-state index in [1.807, 2.05) is 29.2 Å². The average Bonchev–Trinajstić information content (AvgIpc) is 2.65. The van der Waals surface area contributed by atoms with Gasteiger partial charge in [0.1, 0.15) is 12.4 Å². The zero-order valence-corrected chi connectivity index (χ0v) is 16.1. The molecule has 1 aromatic rings. The third-order valence-corrected chi connectivity index (χ3v) is 4.45. The highest BCUT2D eigenvalue weighted by Crippen LogP contribution is 2.10. The Labute approximate surface area is 156 Å². The van der Waals surface area contributed by atoms with Crippen LogP contribution in [0.2, 0.25) is 0 Å². The van der Waals surface area contributed by atoms with Crippen LogP contribution in [0.15, 0.2) is 29.3 Å². The van der Waals surface area contributed by atoms with Gasteiger partial charge in [-0.3, -0.25) is 14.7 Å². The van der Waals surface area contributed by atoms with E-state index in [1.165, 1.54) is 5.56 Å². The quantitative estimate of drug-likeness (QED) is 0.425. The van der Waals surface area contributed by atoms with E-state index in [0.29, 0.717) is 13.2 Å². The summed E-state index contributed by atoms with van der Waals surface area (Å²) < 4.78 is 5.70. The first-order valence-corrected chi connectivity index (χ1v) is 9.20. The summed E-state index contributed by atoms with van der Waals surface area (Å²) in [6.45, 7) is 10.2. The summed E-state index contributed by atoms with van der Waals surface area (Å²) in [5.41, 5.74) is 1.22. The number of nitrogens with zero attached hydrogens (tertiary/aromatic N) is 3. The first-order chi connectivity index (χ1) is 12.6. The number of rotatable bonds is 7. The number of benzene rings is 1. The van der Waals surface area contributed by atoms with Gasteiger partial charge in [-0.2, -0.15) is 0 Å². The van der Waals surface area contributed by atoms with Crippen molar-refractivity contribution in [1.82, 2.24) is 20.4 Å². The molecule has 1 aliphatic rings. The molecule has 0 atom stereocenters. The summed E-state index contributed by atoms with van der Waals surface area (Å²) in [5, 5.41) is 6.57. The van der Waals surface area contributed by atoms with Crippen LogP contribution in [-0.4, -0.2) is 81.1 Å². The summed E-state index contributed by atoms with van der Waals surface area (Å²) in [5.74, 6) is 1.82. The van der Waals surface area contributed by atoms with E-state index in [9.17, 15) is 4.79 Å². The third kappa shape index (κ3) is 6.92. The van der Waals surface area contributed by atoms with Crippen molar-refractivity contribution < 1.29 is 9.53 Å². The number of aliphatic imine (C=N–C) groups is 1. The fraction of sp³-hybridized carbons (Fsp3) is 0.579. The second-order valence-electron chi connectivity index (χ2n) is 6.43. The molecule has 144 valence electrons. The zero-order chi connectivity index (χ0) is 18.8. The summed E-state index contributed by atoms with van der Waals surface area (Å²) in [4.78, 5) is 19.8. The number of hydrogen-bond acceptors (Lipinski definition) is 4. The van der Waals surface area contributed by atoms with Crippen molar-refractivity contribution in [3.63, 3.8) is 0 Å². The van der Waals surface area contributed by atoms with E-state index in [0.717, 1.165) is 51.0 Å². The summed E-state index contributed by atoms with van der Waals surface area (Å²) in [7, 11) is 1.77. The molecule has 1 heterocycles. The number of guanidine groups is 1. The lowest BCUT2D eigenvalue weighted by atomic mass is 10.2. The fourth-order valence-electron chi connectivity index (χ4n) is 2.81. The second-order valence-corrected chi connectivity index (χ2v) is 6.43. The number of ether oxygens (including phenoxy) is 1. The van der Waals surface area contributed by atoms with Crippen molar-refractivity contribution in [2.45, 2.75) is 13.8 Å². The minimum atomic E-state index is 0.167. The van der Waals surface area contributed by atoms with Gasteiger partial charge in [-0.05, 0) is 19.1 Å². The van der Waals surface area contributed by atoms with Gasteiger partial charge in [0.05, 0.1) is 6.54 Å². The van der Waals surface area contributed by atoms with Crippen molar-refractivity contribution in [2.75, 3.05) is 59.5 Å². The number of nitrogens with one attached hydrogen (secondary N) is 2. The standard InChI is InChI=1S/C19H31N5O2/c1-16-4-6-18(7-5-16)26-15-9-22-19(20-3)21-8-10-23-11-13-24(14-12-23)17(2)25/h4-7H,8-15H2,1-3H3,(H2,20,21,22). The van der Waals surface area contributed by atoms with Gasteiger partial charge < -0.3 is 20.3 Å². The maximum Gasteiger partial charge on any atom is 0.219 e. The molecule has 7 nitrogen and oxygen atoms in total. The number of amides is 1. The van der Waals surface area contributed by atoms with E-state index < -0.39 is 0 Å². The lowest BCUT2D eigenvalue weighted by molar-refractivity contribution is -0.130. The van der Waals surface area contributed by atoms with Gasteiger partial charge in [-0.1, -0.05) is 17.7 Å². The van der Waals surface area contributed by atoms with Crippen LogP contribution in [0.4, 0.5) is 0 Å². The molecule has 1 fully saturated rings. The first kappa shape index (κ1) is 20.0. The maximum atomic E-state index is 11.3. The Morgan fingerprint density at radius 1 is 1.12 bits per heavy atom. The van der Waals surface area contributed by atoms with Crippen LogP contribution in [0.3, 0.4) is 0 Å². The average molecular weight is 361 g/mol. The molecule has 0 saturated carbocycles. The highest BCUT2D eigenvalue weighted by atomic mass is 16.5. The smallest absolute Gasteiger partial charge is 0.219 e. The molecule has 26 heavy (non-hydrogen) atoms. The van der Waals surface area contributed by atoms with Crippen molar-refractivity contribution in [1.29, 1.82) is 0 Å². The number of piperazine rings is 1. The fourth-order valence-corrected chi connectivity index (χ4v) is 2.81.